The smallest absolute Gasteiger partial charge is 0.254 e. The Hall–Kier alpha value is -3.20. The van der Waals surface area contributed by atoms with Crippen LogP contribution in [0.1, 0.15) is 72.6 Å². The summed E-state index contributed by atoms with van der Waals surface area (Å²) in [5.41, 5.74) is 9.26. The van der Waals surface area contributed by atoms with Gasteiger partial charge >= 0.3 is 0 Å². The molecule has 8 nitrogen and oxygen atoms in total. The van der Waals surface area contributed by atoms with Crippen molar-refractivity contribution in [1.82, 2.24) is 19.5 Å². The fourth-order valence-corrected chi connectivity index (χ4v) is 6.11. The van der Waals surface area contributed by atoms with E-state index in [-0.39, 0.29) is 23.8 Å². The van der Waals surface area contributed by atoms with Gasteiger partial charge in [-0.05, 0) is 62.6 Å². The Morgan fingerprint density at radius 2 is 1.86 bits per heavy atom. The fourth-order valence-electron chi connectivity index (χ4n) is 6.11. The highest BCUT2D eigenvalue weighted by Crippen LogP contribution is 2.34. The van der Waals surface area contributed by atoms with E-state index in [1.54, 1.807) is 6.07 Å². The van der Waals surface area contributed by atoms with Crippen molar-refractivity contribution in [1.29, 1.82) is 0 Å². The molecule has 0 spiro atoms. The molecule has 6 rings (SSSR count). The molecule has 2 saturated heterocycles. The molecule has 2 aromatic heterocycles. The summed E-state index contributed by atoms with van der Waals surface area (Å²) < 4.78 is 16.2. The first kappa shape index (κ1) is 24.2. The number of aryl methyl sites for hydroxylation is 1. The number of nitrogens with zero attached hydrogens (tertiary/aromatic N) is 6. The maximum Gasteiger partial charge on any atom is 0.254 e. The van der Waals surface area contributed by atoms with Gasteiger partial charge in [-0.3, -0.25) is 4.79 Å². The summed E-state index contributed by atoms with van der Waals surface area (Å²) in [5.74, 6) is 1.47. The summed E-state index contributed by atoms with van der Waals surface area (Å²) in [6, 6.07) is 8.85. The number of hydrogen-bond acceptors (Lipinski definition) is 6. The lowest BCUT2D eigenvalue weighted by Crippen LogP contribution is -2.39. The number of nitrogens with two attached hydrogens (primary N) is 1. The molecule has 1 aromatic carbocycles. The second-order valence-corrected chi connectivity index (χ2v) is 10.9. The summed E-state index contributed by atoms with van der Waals surface area (Å²) >= 11 is 0. The number of rotatable bonds is 1. The molecule has 2 fully saturated rings. The van der Waals surface area contributed by atoms with Crippen molar-refractivity contribution in [2.45, 2.75) is 63.5 Å². The van der Waals surface area contributed by atoms with E-state index in [0.29, 0.717) is 12.1 Å². The lowest BCUT2D eigenvalue weighted by Gasteiger charge is -2.35. The molecule has 1 amide bonds. The van der Waals surface area contributed by atoms with Crippen LogP contribution in [0.5, 0.6) is 0 Å². The minimum atomic E-state index is -0.365. The molecule has 2 bridgehead atoms. The number of amides is 1. The molecule has 196 valence electrons. The highest BCUT2D eigenvalue weighted by atomic mass is 19.1. The van der Waals surface area contributed by atoms with Gasteiger partial charge in [-0.1, -0.05) is 12.5 Å². The van der Waals surface area contributed by atoms with Gasteiger partial charge in [0.05, 0.1) is 11.7 Å². The largest absolute Gasteiger partial charge is 0.359 e. The molecule has 0 unspecified atom stereocenters. The van der Waals surface area contributed by atoms with Gasteiger partial charge in [0.15, 0.2) is 5.65 Å². The number of carbonyl (C=O) groups excluding carboxylic acids is 1. The predicted molar refractivity (Wildman–Crippen MR) is 143 cm³/mol. The minimum Gasteiger partial charge on any atom is -0.359 e. The van der Waals surface area contributed by atoms with Crippen LogP contribution in [0, 0.1) is 5.82 Å². The zero-order valence-electron chi connectivity index (χ0n) is 21.6. The van der Waals surface area contributed by atoms with Gasteiger partial charge in [0.2, 0.25) is 0 Å². The fraction of sp³-hybridized carbons (Fsp3) is 0.536. The SMILES string of the molecule is CN1CCCCCc2ccc(F)cc2C(=O)N2CCCC[C@H]2c2cc3nc(N4CC[C@H](N)C4)cc1n3n2. The Kier molecular flexibility index (Phi) is 6.48. The van der Waals surface area contributed by atoms with Gasteiger partial charge < -0.3 is 20.4 Å². The van der Waals surface area contributed by atoms with E-state index < -0.39 is 0 Å². The van der Waals surface area contributed by atoms with E-state index in [2.05, 4.69) is 22.9 Å². The molecule has 0 saturated carbocycles. The van der Waals surface area contributed by atoms with Crippen molar-refractivity contribution in [3.05, 3.63) is 53.0 Å². The lowest BCUT2D eigenvalue weighted by atomic mass is 9.95. The van der Waals surface area contributed by atoms with Crippen molar-refractivity contribution >= 4 is 23.2 Å². The number of hydrogen-bond donors (Lipinski definition) is 1. The highest BCUT2D eigenvalue weighted by molar-refractivity contribution is 5.96. The quantitative estimate of drug-likeness (QED) is 0.540. The van der Waals surface area contributed by atoms with Crippen molar-refractivity contribution in [2.75, 3.05) is 43.0 Å². The van der Waals surface area contributed by atoms with Gasteiger partial charge in [-0.2, -0.15) is 9.61 Å². The Balaban J connectivity index is 1.46. The van der Waals surface area contributed by atoms with Crippen LogP contribution in [0.15, 0.2) is 30.3 Å². The maximum absolute atomic E-state index is 14.3. The number of halogens is 1. The third-order valence-electron chi connectivity index (χ3n) is 8.20. The number of carbonyl (C=O) groups is 1. The topological polar surface area (TPSA) is 83.0 Å². The first-order valence-electron chi connectivity index (χ1n) is 13.7. The van der Waals surface area contributed by atoms with Gasteiger partial charge in [0.25, 0.3) is 5.91 Å². The van der Waals surface area contributed by atoms with Crippen molar-refractivity contribution < 1.29 is 9.18 Å². The molecular weight excluding hydrogens is 469 g/mol. The van der Waals surface area contributed by atoms with E-state index in [9.17, 15) is 9.18 Å². The zero-order valence-corrected chi connectivity index (χ0v) is 21.6. The molecular formula is C28H36FN7O. The first-order valence-corrected chi connectivity index (χ1v) is 13.7. The average Bonchev–Trinajstić information content (AvgIpc) is 3.53. The van der Waals surface area contributed by atoms with E-state index in [1.807, 2.05) is 15.5 Å². The van der Waals surface area contributed by atoms with Crippen molar-refractivity contribution in [3.63, 3.8) is 0 Å². The van der Waals surface area contributed by atoms with Crippen LogP contribution in [0.3, 0.4) is 0 Å². The molecule has 9 heteroatoms. The zero-order chi connectivity index (χ0) is 25.5. The third-order valence-corrected chi connectivity index (χ3v) is 8.20. The Bertz CT molecular complexity index is 1310. The number of piperidine rings is 1. The molecule has 0 radical (unpaired) electrons. The third kappa shape index (κ3) is 4.65. The van der Waals surface area contributed by atoms with Crippen LogP contribution in [-0.4, -0.2) is 64.7 Å². The predicted octanol–water partition coefficient (Wildman–Crippen LogP) is 3.94. The summed E-state index contributed by atoms with van der Waals surface area (Å²) in [4.78, 5) is 25.3. The maximum atomic E-state index is 14.3. The Labute approximate surface area is 217 Å². The van der Waals surface area contributed by atoms with Gasteiger partial charge in [0, 0.05) is 57.0 Å². The highest BCUT2D eigenvalue weighted by Gasteiger charge is 2.33. The van der Waals surface area contributed by atoms with Gasteiger partial charge in [-0.25, -0.2) is 9.37 Å². The molecule has 2 atom stereocenters. The van der Waals surface area contributed by atoms with Crippen LogP contribution in [0.25, 0.3) is 5.65 Å². The van der Waals surface area contributed by atoms with Crippen LogP contribution in [0.4, 0.5) is 16.0 Å². The first-order chi connectivity index (χ1) is 18.0. The van der Waals surface area contributed by atoms with Crippen LogP contribution in [-0.2, 0) is 6.42 Å². The number of anilines is 2. The number of benzene rings is 1. The summed E-state index contributed by atoms with van der Waals surface area (Å²) in [7, 11) is 2.11. The molecule has 3 aliphatic heterocycles. The monoisotopic (exact) mass is 505 g/mol. The number of fused-ring (bicyclic) bond motifs is 4. The standard InChI is InChI=1S/C28H36FN7O/c1-33-12-5-2-3-7-19-9-10-20(29)15-22(19)28(37)35-13-6-4-8-24(35)23-16-26-31-25(17-27(33)36(26)32-23)34-14-11-21(30)18-34/h9-10,15-17,21,24H,2-8,11-14,18,30H2,1H3/t21-,24-/m0/s1. The van der Waals surface area contributed by atoms with E-state index in [1.165, 1.54) is 12.1 Å². The molecule has 37 heavy (non-hydrogen) atoms. The minimum absolute atomic E-state index is 0.0943. The van der Waals surface area contributed by atoms with E-state index in [0.717, 1.165) is 99.5 Å². The Morgan fingerprint density at radius 3 is 2.70 bits per heavy atom. The second-order valence-electron chi connectivity index (χ2n) is 10.9. The van der Waals surface area contributed by atoms with E-state index in [4.69, 9.17) is 15.8 Å². The van der Waals surface area contributed by atoms with Crippen LogP contribution in [0.2, 0.25) is 0 Å². The molecule has 0 aliphatic carbocycles. The van der Waals surface area contributed by atoms with Crippen molar-refractivity contribution in [3.8, 4) is 0 Å². The molecule has 3 aliphatic rings. The molecule has 3 aromatic rings. The van der Waals surface area contributed by atoms with Crippen LogP contribution >= 0.6 is 0 Å². The Morgan fingerprint density at radius 1 is 1.00 bits per heavy atom. The normalized spacial score (nSPS) is 23.2. The molecule has 2 N–H and O–H groups in total. The number of aromatic nitrogens is 3. The molecule has 5 heterocycles. The second kappa shape index (κ2) is 9.93. The average molecular weight is 506 g/mol. The lowest BCUT2D eigenvalue weighted by molar-refractivity contribution is 0.0604. The van der Waals surface area contributed by atoms with Gasteiger partial charge in [0.1, 0.15) is 17.5 Å². The summed E-state index contributed by atoms with van der Waals surface area (Å²) in [6.45, 7) is 3.23. The van der Waals surface area contributed by atoms with Crippen molar-refractivity contribution in [2.24, 2.45) is 5.73 Å². The van der Waals surface area contributed by atoms with Crippen LogP contribution < -0.4 is 15.5 Å². The summed E-state index contributed by atoms with van der Waals surface area (Å²) in [5, 5.41) is 5.03. The van der Waals surface area contributed by atoms with E-state index >= 15 is 0 Å². The van der Waals surface area contributed by atoms with Gasteiger partial charge in [-0.15, -0.1) is 0 Å². The summed E-state index contributed by atoms with van der Waals surface area (Å²) in [6.07, 6.45) is 7.52.